The topological polar surface area (TPSA) is 32.3 Å². The predicted octanol–water partition coefficient (Wildman–Crippen LogP) is 6.30. The number of nitrogens with one attached hydrogen (secondary N) is 1. The van der Waals surface area contributed by atoms with Gasteiger partial charge in [-0.05, 0) is 85.9 Å². The number of fused-ring (bicyclic) bond motifs is 2. The van der Waals surface area contributed by atoms with Gasteiger partial charge in [-0.1, -0.05) is 35.3 Å². The van der Waals surface area contributed by atoms with Gasteiger partial charge in [0.05, 0.1) is 6.04 Å². The molecule has 5 rings (SSSR count). The first kappa shape index (κ1) is 23.2. The Kier molecular flexibility index (Phi) is 6.09. The fraction of sp³-hybridized carbons (Fsp3) is 0.269. The van der Waals surface area contributed by atoms with Crippen LogP contribution in [0.2, 0.25) is 10.0 Å². The van der Waals surface area contributed by atoms with E-state index in [-0.39, 0.29) is 11.4 Å². The van der Waals surface area contributed by atoms with Gasteiger partial charge in [0.2, 0.25) is 0 Å². The van der Waals surface area contributed by atoms with Gasteiger partial charge in [-0.25, -0.2) is 13.2 Å². The van der Waals surface area contributed by atoms with Crippen LogP contribution in [0.5, 0.6) is 0 Å². The molecule has 3 aromatic carbocycles. The molecule has 0 unspecified atom stereocenters. The maximum atomic E-state index is 14.7. The van der Waals surface area contributed by atoms with Crippen LogP contribution >= 0.6 is 23.2 Å². The van der Waals surface area contributed by atoms with Crippen LogP contribution in [-0.2, 0) is 11.8 Å². The number of carbonyl (C=O) groups excluding carboxylic acids is 1. The quantitative estimate of drug-likeness (QED) is 0.453. The Morgan fingerprint density at radius 2 is 1.71 bits per heavy atom. The highest BCUT2D eigenvalue weighted by Gasteiger charge is 2.53. The summed E-state index contributed by atoms with van der Waals surface area (Å²) in [7, 11) is 0. The van der Waals surface area contributed by atoms with E-state index in [0.29, 0.717) is 42.2 Å². The first-order chi connectivity index (χ1) is 16.3. The minimum Gasteiger partial charge on any atom is -0.317 e. The molecule has 2 heterocycles. The summed E-state index contributed by atoms with van der Waals surface area (Å²) in [6.07, 6.45) is 1.66. The molecular formula is C26H21Cl2F3N2O. The van der Waals surface area contributed by atoms with E-state index in [4.69, 9.17) is 23.2 Å². The number of carbonyl (C=O) groups is 1. The second kappa shape index (κ2) is 8.91. The second-order valence-electron chi connectivity index (χ2n) is 8.80. The molecule has 1 spiro atoms. The zero-order valence-electron chi connectivity index (χ0n) is 18.1. The van der Waals surface area contributed by atoms with Gasteiger partial charge < -0.3 is 10.2 Å². The largest absolute Gasteiger partial charge is 0.317 e. The Bertz CT molecular complexity index is 1260. The van der Waals surface area contributed by atoms with Crippen LogP contribution in [0.4, 0.5) is 18.9 Å². The molecule has 2 aliphatic heterocycles. The summed E-state index contributed by atoms with van der Waals surface area (Å²) in [5.74, 6) is -3.08. The molecule has 1 amide bonds. The van der Waals surface area contributed by atoms with E-state index in [1.807, 2.05) is 6.07 Å². The Hall–Kier alpha value is -2.54. The molecule has 0 aromatic heterocycles. The Labute approximate surface area is 205 Å². The van der Waals surface area contributed by atoms with E-state index in [1.54, 1.807) is 18.2 Å². The van der Waals surface area contributed by atoms with Gasteiger partial charge in [-0.15, -0.1) is 0 Å². The SMILES string of the molecule is O=C(c1c(F)cccc1F)N1c2ccc(Cl)cc2C2(CCNCC2)[C@H]1Cc1ccc(F)cc1Cl. The van der Waals surface area contributed by atoms with Crippen molar-refractivity contribution in [2.45, 2.75) is 30.7 Å². The highest BCUT2D eigenvalue weighted by Crippen LogP contribution is 2.53. The molecule has 1 saturated heterocycles. The molecule has 176 valence electrons. The van der Waals surface area contributed by atoms with E-state index in [2.05, 4.69) is 5.32 Å². The van der Waals surface area contributed by atoms with Gasteiger partial charge in [-0.3, -0.25) is 4.79 Å². The van der Waals surface area contributed by atoms with Crippen molar-refractivity contribution in [3.05, 3.63) is 98.8 Å². The molecule has 1 atom stereocenters. The summed E-state index contributed by atoms with van der Waals surface area (Å²) in [4.78, 5) is 15.3. The Morgan fingerprint density at radius 1 is 1.00 bits per heavy atom. The van der Waals surface area contributed by atoms with Crippen LogP contribution in [0.15, 0.2) is 54.6 Å². The number of hydrogen-bond donors (Lipinski definition) is 1. The van der Waals surface area contributed by atoms with E-state index >= 15 is 0 Å². The Morgan fingerprint density at radius 3 is 2.38 bits per heavy atom. The van der Waals surface area contributed by atoms with Crippen molar-refractivity contribution in [2.24, 2.45) is 0 Å². The third kappa shape index (κ3) is 3.78. The first-order valence-electron chi connectivity index (χ1n) is 11.0. The van der Waals surface area contributed by atoms with Gasteiger partial charge in [0, 0.05) is 21.1 Å². The maximum Gasteiger partial charge on any atom is 0.264 e. The fourth-order valence-electron chi connectivity index (χ4n) is 5.44. The molecule has 8 heteroatoms. The van der Waals surface area contributed by atoms with Crippen LogP contribution in [0.3, 0.4) is 0 Å². The fourth-order valence-corrected chi connectivity index (χ4v) is 5.86. The van der Waals surface area contributed by atoms with Crippen LogP contribution in [0, 0.1) is 17.5 Å². The van der Waals surface area contributed by atoms with Crippen molar-refractivity contribution in [1.29, 1.82) is 0 Å². The summed E-state index contributed by atoms with van der Waals surface area (Å²) in [5.41, 5.74) is 0.971. The lowest BCUT2D eigenvalue weighted by Gasteiger charge is -2.42. The third-order valence-electron chi connectivity index (χ3n) is 7.02. The Balaban J connectivity index is 1.70. The highest BCUT2D eigenvalue weighted by molar-refractivity contribution is 6.31. The van der Waals surface area contributed by atoms with E-state index < -0.39 is 40.4 Å². The molecule has 0 saturated carbocycles. The normalized spacial score (nSPS) is 18.9. The van der Waals surface area contributed by atoms with Crippen molar-refractivity contribution in [2.75, 3.05) is 18.0 Å². The molecule has 1 fully saturated rings. The summed E-state index contributed by atoms with van der Waals surface area (Å²) in [6.45, 7) is 1.41. The average molecular weight is 505 g/mol. The monoisotopic (exact) mass is 504 g/mol. The molecule has 0 aliphatic carbocycles. The van der Waals surface area contributed by atoms with Crippen molar-refractivity contribution in [3.63, 3.8) is 0 Å². The van der Waals surface area contributed by atoms with Crippen molar-refractivity contribution >= 4 is 34.8 Å². The first-order valence-corrected chi connectivity index (χ1v) is 11.8. The van der Waals surface area contributed by atoms with Crippen molar-refractivity contribution < 1.29 is 18.0 Å². The van der Waals surface area contributed by atoms with Crippen LogP contribution in [-0.4, -0.2) is 25.0 Å². The zero-order valence-corrected chi connectivity index (χ0v) is 19.6. The highest BCUT2D eigenvalue weighted by atomic mass is 35.5. The number of amides is 1. The lowest BCUT2D eigenvalue weighted by atomic mass is 9.68. The van der Waals surface area contributed by atoms with Gasteiger partial charge in [-0.2, -0.15) is 0 Å². The number of benzene rings is 3. The maximum absolute atomic E-state index is 14.7. The van der Waals surface area contributed by atoms with E-state index in [9.17, 15) is 18.0 Å². The van der Waals surface area contributed by atoms with Crippen LogP contribution in [0.25, 0.3) is 0 Å². The van der Waals surface area contributed by atoms with E-state index in [0.717, 1.165) is 17.7 Å². The minimum atomic E-state index is -0.926. The smallest absolute Gasteiger partial charge is 0.264 e. The molecular weight excluding hydrogens is 484 g/mol. The molecule has 2 aliphatic rings. The van der Waals surface area contributed by atoms with Gasteiger partial charge >= 0.3 is 0 Å². The molecule has 0 bridgehead atoms. The average Bonchev–Trinajstić information content (AvgIpc) is 3.04. The lowest BCUT2D eigenvalue weighted by Crippen LogP contribution is -2.53. The summed E-state index contributed by atoms with van der Waals surface area (Å²) < 4.78 is 43.1. The molecule has 1 N–H and O–H groups in total. The van der Waals surface area contributed by atoms with Crippen LogP contribution in [0.1, 0.15) is 34.3 Å². The van der Waals surface area contributed by atoms with Crippen molar-refractivity contribution in [1.82, 2.24) is 5.32 Å². The van der Waals surface area contributed by atoms with Crippen LogP contribution < -0.4 is 10.2 Å². The number of rotatable bonds is 3. The number of halogens is 5. The molecule has 0 radical (unpaired) electrons. The molecule has 34 heavy (non-hydrogen) atoms. The predicted molar refractivity (Wildman–Crippen MR) is 127 cm³/mol. The summed E-state index contributed by atoms with van der Waals surface area (Å²) in [6, 6.07) is 12.2. The van der Waals surface area contributed by atoms with Gasteiger partial charge in [0.15, 0.2) is 0 Å². The third-order valence-corrected chi connectivity index (χ3v) is 7.61. The van der Waals surface area contributed by atoms with E-state index in [1.165, 1.54) is 23.1 Å². The number of hydrogen-bond acceptors (Lipinski definition) is 2. The number of nitrogens with zero attached hydrogens (tertiary/aromatic N) is 1. The standard InChI is InChI=1S/C26H21Cl2F3N2O/c27-16-5-7-22-18(13-16)26(8-10-32-11-9-26)23(12-15-4-6-17(29)14-19(15)28)33(22)25(34)24-20(30)2-1-3-21(24)31/h1-7,13-14,23,32H,8-12H2/t23-/m1/s1. The zero-order chi connectivity index (χ0) is 24.0. The summed E-state index contributed by atoms with van der Waals surface area (Å²) >= 11 is 12.7. The number of anilines is 1. The van der Waals surface area contributed by atoms with Gasteiger partial charge in [0.1, 0.15) is 23.0 Å². The molecule has 3 nitrogen and oxygen atoms in total. The second-order valence-corrected chi connectivity index (χ2v) is 9.64. The molecule has 3 aromatic rings. The summed E-state index contributed by atoms with van der Waals surface area (Å²) in [5, 5.41) is 4.10. The van der Waals surface area contributed by atoms with Gasteiger partial charge in [0.25, 0.3) is 5.91 Å². The van der Waals surface area contributed by atoms with Crippen molar-refractivity contribution in [3.8, 4) is 0 Å². The lowest BCUT2D eigenvalue weighted by molar-refractivity contribution is 0.0955. The minimum absolute atomic E-state index is 0.238. The number of piperidine rings is 1.